The van der Waals surface area contributed by atoms with Crippen molar-refractivity contribution in [1.82, 2.24) is 4.98 Å². The van der Waals surface area contributed by atoms with Crippen LogP contribution in [0.3, 0.4) is 0 Å². The van der Waals surface area contributed by atoms with Crippen molar-refractivity contribution in [1.29, 1.82) is 5.26 Å². The Morgan fingerprint density at radius 2 is 2.31 bits per heavy atom. The Morgan fingerprint density at radius 3 is 2.75 bits per heavy atom. The number of aromatic nitrogens is 1. The van der Waals surface area contributed by atoms with E-state index in [1.165, 1.54) is 0 Å². The zero-order valence-electron chi connectivity index (χ0n) is 7.65. The molecule has 0 spiro atoms. The van der Waals surface area contributed by atoms with E-state index < -0.39 is 27.8 Å². The number of alkyl halides is 2. The van der Waals surface area contributed by atoms with E-state index in [1.807, 2.05) is 0 Å². The van der Waals surface area contributed by atoms with Gasteiger partial charge in [-0.2, -0.15) is 5.26 Å². The lowest BCUT2D eigenvalue weighted by atomic mass is 10.1. The van der Waals surface area contributed by atoms with Crippen molar-refractivity contribution in [2.45, 2.75) is 12.8 Å². The molecule has 1 heterocycles. The van der Waals surface area contributed by atoms with Crippen molar-refractivity contribution in [3.8, 4) is 6.07 Å². The molecular weight excluding hydrogens is 244 g/mol. The highest BCUT2D eigenvalue weighted by molar-refractivity contribution is 6.31. The fraction of sp³-hybridized carbons (Fsp3) is 0.250. The van der Waals surface area contributed by atoms with E-state index in [0.29, 0.717) is 0 Å². The van der Waals surface area contributed by atoms with Gasteiger partial charge in [-0.3, -0.25) is 10.1 Å². The topological polar surface area (TPSA) is 79.8 Å². The summed E-state index contributed by atoms with van der Waals surface area (Å²) < 4.78 is 25.3. The molecular formula is C8H4ClF2N3O2. The Hall–Kier alpha value is -1.81. The molecule has 0 atom stereocenters. The second-order valence-electron chi connectivity index (χ2n) is 2.73. The third kappa shape index (κ3) is 2.23. The summed E-state index contributed by atoms with van der Waals surface area (Å²) in [5.41, 5.74) is -1.97. The summed E-state index contributed by atoms with van der Waals surface area (Å²) in [6.45, 7) is 0. The van der Waals surface area contributed by atoms with Crippen molar-refractivity contribution in [3.05, 3.63) is 32.6 Å². The van der Waals surface area contributed by atoms with Crippen LogP contribution in [-0.2, 0) is 6.42 Å². The maximum absolute atomic E-state index is 12.7. The Labute approximate surface area is 93.4 Å². The fourth-order valence-electron chi connectivity index (χ4n) is 1.17. The smallest absolute Gasteiger partial charge is 0.258 e. The number of hydrogen-bond acceptors (Lipinski definition) is 4. The lowest BCUT2D eigenvalue weighted by Gasteiger charge is -2.06. The second-order valence-corrected chi connectivity index (χ2v) is 3.09. The van der Waals surface area contributed by atoms with Gasteiger partial charge in [0, 0.05) is 11.8 Å². The minimum atomic E-state index is -3.08. The first-order valence-corrected chi connectivity index (χ1v) is 4.33. The van der Waals surface area contributed by atoms with Gasteiger partial charge in [0.1, 0.15) is 5.56 Å². The number of hydrogen-bond donors (Lipinski definition) is 0. The van der Waals surface area contributed by atoms with Crippen LogP contribution in [0.1, 0.15) is 17.6 Å². The Bertz CT molecular complexity index is 473. The highest BCUT2D eigenvalue weighted by atomic mass is 35.5. The van der Waals surface area contributed by atoms with Gasteiger partial charge in [0.25, 0.3) is 6.43 Å². The van der Waals surface area contributed by atoms with E-state index in [9.17, 15) is 18.9 Å². The summed E-state index contributed by atoms with van der Waals surface area (Å²) in [4.78, 5) is 12.9. The van der Waals surface area contributed by atoms with Crippen LogP contribution in [0.15, 0.2) is 6.20 Å². The van der Waals surface area contributed by atoms with E-state index in [2.05, 4.69) is 4.98 Å². The maximum atomic E-state index is 12.7. The van der Waals surface area contributed by atoms with Crippen molar-refractivity contribution in [2.24, 2.45) is 0 Å². The van der Waals surface area contributed by atoms with E-state index in [4.69, 9.17) is 16.9 Å². The van der Waals surface area contributed by atoms with Crippen LogP contribution in [0.2, 0.25) is 5.15 Å². The zero-order chi connectivity index (χ0) is 12.3. The molecule has 5 nitrogen and oxygen atoms in total. The fourth-order valence-corrected chi connectivity index (χ4v) is 1.39. The summed E-state index contributed by atoms with van der Waals surface area (Å²) in [6, 6.07) is 1.63. The monoisotopic (exact) mass is 247 g/mol. The summed E-state index contributed by atoms with van der Waals surface area (Å²) in [5, 5.41) is 18.4. The molecule has 0 unspecified atom stereocenters. The summed E-state index contributed by atoms with van der Waals surface area (Å²) in [5.74, 6) is 0. The zero-order valence-corrected chi connectivity index (χ0v) is 8.41. The van der Waals surface area contributed by atoms with Crippen LogP contribution in [0.4, 0.5) is 14.5 Å². The van der Waals surface area contributed by atoms with Gasteiger partial charge in [0.05, 0.1) is 17.4 Å². The molecule has 16 heavy (non-hydrogen) atoms. The first-order chi connectivity index (χ1) is 7.49. The Morgan fingerprint density at radius 1 is 1.69 bits per heavy atom. The van der Waals surface area contributed by atoms with Gasteiger partial charge in [-0.05, 0) is 0 Å². The van der Waals surface area contributed by atoms with Gasteiger partial charge in [-0.1, -0.05) is 11.6 Å². The number of nitro groups is 1. The highest BCUT2D eigenvalue weighted by Crippen LogP contribution is 2.36. The van der Waals surface area contributed by atoms with Gasteiger partial charge in [0.2, 0.25) is 5.15 Å². The van der Waals surface area contributed by atoms with Crippen LogP contribution in [0, 0.1) is 21.4 Å². The number of nitriles is 1. The third-order valence-corrected chi connectivity index (χ3v) is 2.08. The standard InChI is InChI=1S/C8H4ClF2N3O2/c9-7-6(14(15)16)5(8(10)11)4(1-2-12)3-13-7/h3,8H,1H2. The molecule has 8 heteroatoms. The van der Waals surface area contributed by atoms with Crippen LogP contribution in [0.25, 0.3) is 0 Å². The van der Waals surface area contributed by atoms with Gasteiger partial charge in [0.15, 0.2) is 0 Å². The van der Waals surface area contributed by atoms with Gasteiger partial charge in [-0.15, -0.1) is 0 Å². The minimum absolute atomic E-state index is 0.186. The SMILES string of the molecule is N#CCc1cnc(Cl)c([N+](=O)[O-])c1C(F)F. The number of nitrogens with zero attached hydrogens (tertiary/aromatic N) is 3. The predicted molar refractivity (Wildman–Crippen MR) is 50.2 cm³/mol. The summed E-state index contributed by atoms with van der Waals surface area (Å²) >= 11 is 5.37. The first kappa shape index (κ1) is 12.3. The Balaban J connectivity index is 3.51. The predicted octanol–water partition coefficient (Wildman–Crippen LogP) is 2.65. The molecule has 1 aromatic heterocycles. The molecule has 0 N–H and O–H groups in total. The normalized spacial score (nSPS) is 10.2. The van der Waals surface area contributed by atoms with Gasteiger partial charge in [-0.25, -0.2) is 13.8 Å². The molecule has 1 aromatic rings. The van der Waals surface area contributed by atoms with Crippen molar-refractivity contribution in [2.75, 3.05) is 0 Å². The minimum Gasteiger partial charge on any atom is -0.258 e. The van der Waals surface area contributed by atoms with E-state index >= 15 is 0 Å². The van der Waals surface area contributed by atoms with Crippen LogP contribution in [-0.4, -0.2) is 9.91 Å². The largest absolute Gasteiger partial charge is 0.315 e. The molecule has 0 bridgehead atoms. The van der Waals surface area contributed by atoms with Crippen LogP contribution >= 0.6 is 11.6 Å². The number of pyridine rings is 1. The molecule has 0 saturated heterocycles. The molecule has 0 aliphatic carbocycles. The van der Waals surface area contributed by atoms with Crippen LogP contribution in [0.5, 0.6) is 0 Å². The molecule has 0 saturated carbocycles. The van der Waals surface area contributed by atoms with Gasteiger partial charge >= 0.3 is 5.69 Å². The van der Waals surface area contributed by atoms with E-state index in [0.717, 1.165) is 6.20 Å². The number of rotatable bonds is 3. The molecule has 0 fully saturated rings. The molecule has 0 amide bonds. The lowest BCUT2D eigenvalue weighted by Crippen LogP contribution is -2.03. The molecule has 1 rings (SSSR count). The lowest BCUT2D eigenvalue weighted by molar-refractivity contribution is -0.386. The molecule has 0 radical (unpaired) electrons. The summed E-state index contributed by atoms with van der Waals surface area (Å²) in [6.07, 6.45) is -2.52. The average Bonchev–Trinajstić information content (AvgIpc) is 2.19. The summed E-state index contributed by atoms with van der Waals surface area (Å²) in [7, 11) is 0. The van der Waals surface area contributed by atoms with Crippen LogP contribution < -0.4 is 0 Å². The average molecular weight is 248 g/mol. The van der Waals surface area contributed by atoms with E-state index in [-0.39, 0.29) is 12.0 Å². The van der Waals surface area contributed by atoms with E-state index in [1.54, 1.807) is 6.07 Å². The molecule has 0 aliphatic heterocycles. The highest BCUT2D eigenvalue weighted by Gasteiger charge is 2.29. The third-order valence-electron chi connectivity index (χ3n) is 1.80. The molecule has 0 aliphatic rings. The van der Waals surface area contributed by atoms with Gasteiger partial charge < -0.3 is 0 Å². The second kappa shape index (κ2) is 4.81. The molecule has 0 aromatic carbocycles. The first-order valence-electron chi connectivity index (χ1n) is 3.95. The quantitative estimate of drug-likeness (QED) is 0.467. The number of halogens is 3. The molecule has 84 valence electrons. The maximum Gasteiger partial charge on any atom is 0.315 e. The van der Waals surface area contributed by atoms with Crippen molar-refractivity contribution < 1.29 is 13.7 Å². The van der Waals surface area contributed by atoms with Crippen molar-refractivity contribution >= 4 is 17.3 Å². The van der Waals surface area contributed by atoms with Crippen molar-refractivity contribution in [3.63, 3.8) is 0 Å². The Kier molecular flexibility index (Phi) is 3.68.